The molecule has 5 nitrogen and oxygen atoms in total. The molecule has 0 saturated heterocycles. The Kier molecular flexibility index (Phi) is 6.06. The van der Waals surface area contributed by atoms with Crippen molar-refractivity contribution >= 4 is 17.8 Å². The van der Waals surface area contributed by atoms with Gasteiger partial charge in [-0.25, -0.2) is 4.98 Å². The molecule has 1 heterocycles. The van der Waals surface area contributed by atoms with Gasteiger partial charge in [-0.05, 0) is 49.0 Å². The summed E-state index contributed by atoms with van der Waals surface area (Å²) < 4.78 is 5.17. The third-order valence-electron chi connectivity index (χ3n) is 3.75. The quantitative estimate of drug-likeness (QED) is 0.553. The molecule has 132 valence electrons. The number of aromatic nitrogens is 1. The lowest BCUT2D eigenvalue weighted by Crippen LogP contribution is -2.10. The van der Waals surface area contributed by atoms with Crippen molar-refractivity contribution in [2.45, 2.75) is 13.1 Å². The van der Waals surface area contributed by atoms with Crippen LogP contribution in [0, 0.1) is 0 Å². The minimum atomic E-state index is 0.579. The van der Waals surface area contributed by atoms with Gasteiger partial charge in [0.2, 0.25) is 0 Å². The SMILES string of the molecule is CN(C)Cc1ccc(CN=Nc2ccc(C=Cc3cnco3)cc2)cc1. The van der Waals surface area contributed by atoms with E-state index in [-0.39, 0.29) is 0 Å². The van der Waals surface area contributed by atoms with Gasteiger partial charge in [0.15, 0.2) is 6.39 Å². The number of benzene rings is 2. The van der Waals surface area contributed by atoms with Gasteiger partial charge in [0.05, 0.1) is 18.4 Å². The van der Waals surface area contributed by atoms with Crippen molar-refractivity contribution in [2.24, 2.45) is 10.2 Å². The molecule has 3 rings (SSSR count). The molecule has 0 aliphatic rings. The smallest absolute Gasteiger partial charge is 0.181 e. The van der Waals surface area contributed by atoms with E-state index in [9.17, 15) is 0 Å². The van der Waals surface area contributed by atoms with Crippen LogP contribution in [0.1, 0.15) is 22.5 Å². The maximum Gasteiger partial charge on any atom is 0.181 e. The summed E-state index contributed by atoms with van der Waals surface area (Å²) in [7, 11) is 4.13. The van der Waals surface area contributed by atoms with Crippen molar-refractivity contribution in [2.75, 3.05) is 14.1 Å². The molecule has 0 atom stereocenters. The van der Waals surface area contributed by atoms with Crippen LogP contribution in [0.3, 0.4) is 0 Å². The van der Waals surface area contributed by atoms with E-state index in [1.54, 1.807) is 6.20 Å². The topological polar surface area (TPSA) is 54.0 Å². The molecule has 0 unspecified atom stereocenters. The van der Waals surface area contributed by atoms with Gasteiger partial charge >= 0.3 is 0 Å². The molecule has 2 aromatic carbocycles. The van der Waals surface area contributed by atoms with Gasteiger partial charge in [-0.3, -0.25) is 0 Å². The third kappa shape index (κ3) is 5.50. The van der Waals surface area contributed by atoms with E-state index in [0.29, 0.717) is 6.54 Å². The summed E-state index contributed by atoms with van der Waals surface area (Å²) in [6.07, 6.45) is 6.94. The number of rotatable bonds is 7. The zero-order valence-corrected chi connectivity index (χ0v) is 15.0. The zero-order valence-electron chi connectivity index (χ0n) is 15.0. The van der Waals surface area contributed by atoms with Crippen LogP contribution in [0.15, 0.2) is 75.8 Å². The maximum atomic E-state index is 5.17. The van der Waals surface area contributed by atoms with Crippen molar-refractivity contribution in [3.63, 3.8) is 0 Å². The second-order valence-corrected chi connectivity index (χ2v) is 6.28. The number of nitrogens with zero attached hydrogens (tertiary/aromatic N) is 4. The fourth-order valence-electron chi connectivity index (χ4n) is 2.45. The highest BCUT2D eigenvalue weighted by Crippen LogP contribution is 2.16. The van der Waals surface area contributed by atoms with Gasteiger partial charge in [-0.2, -0.15) is 10.2 Å². The molecule has 3 aromatic rings. The first-order chi connectivity index (χ1) is 12.7. The number of hydrogen-bond donors (Lipinski definition) is 0. The van der Waals surface area contributed by atoms with Crippen LogP contribution in [-0.2, 0) is 13.1 Å². The fraction of sp³-hybridized carbons (Fsp3) is 0.190. The molecular formula is C21H22N4O. The Bertz CT molecular complexity index is 848. The van der Waals surface area contributed by atoms with E-state index in [1.165, 1.54) is 12.0 Å². The first-order valence-electron chi connectivity index (χ1n) is 8.46. The average Bonchev–Trinajstić information content (AvgIpc) is 3.16. The summed E-state index contributed by atoms with van der Waals surface area (Å²) >= 11 is 0. The third-order valence-corrected chi connectivity index (χ3v) is 3.75. The molecule has 0 N–H and O–H groups in total. The van der Waals surface area contributed by atoms with Gasteiger partial charge in [0.1, 0.15) is 5.76 Å². The normalized spacial score (nSPS) is 11.8. The summed E-state index contributed by atoms with van der Waals surface area (Å²) in [6, 6.07) is 16.4. The average molecular weight is 346 g/mol. The van der Waals surface area contributed by atoms with Crippen LogP contribution in [-0.4, -0.2) is 24.0 Å². The molecule has 0 bridgehead atoms. The van der Waals surface area contributed by atoms with E-state index in [4.69, 9.17) is 4.42 Å². The van der Waals surface area contributed by atoms with Gasteiger partial charge in [0, 0.05) is 6.54 Å². The minimum absolute atomic E-state index is 0.579. The van der Waals surface area contributed by atoms with Crippen molar-refractivity contribution in [3.8, 4) is 0 Å². The molecule has 0 aliphatic carbocycles. The fourth-order valence-corrected chi connectivity index (χ4v) is 2.45. The molecule has 26 heavy (non-hydrogen) atoms. The van der Waals surface area contributed by atoms with Gasteiger partial charge in [-0.1, -0.05) is 42.5 Å². The Morgan fingerprint density at radius 3 is 2.35 bits per heavy atom. The highest BCUT2D eigenvalue weighted by atomic mass is 16.3. The first kappa shape index (κ1) is 17.8. The zero-order chi connectivity index (χ0) is 18.2. The predicted molar refractivity (Wildman–Crippen MR) is 104 cm³/mol. The predicted octanol–water partition coefficient (Wildman–Crippen LogP) is 5.19. The van der Waals surface area contributed by atoms with E-state index in [0.717, 1.165) is 29.1 Å². The summed E-state index contributed by atoms with van der Waals surface area (Å²) in [5, 5.41) is 8.58. The van der Waals surface area contributed by atoms with E-state index in [1.807, 2.05) is 36.4 Å². The number of hydrogen-bond acceptors (Lipinski definition) is 5. The van der Waals surface area contributed by atoms with E-state index < -0.39 is 0 Å². The molecule has 0 saturated carbocycles. The Morgan fingerprint density at radius 2 is 1.69 bits per heavy atom. The summed E-state index contributed by atoms with van der Waals surface area (Å²) in [6.45, 7) is 1.52. The van der Waals surface area contributed by atoms with E-state index >= 15 is 0 Å². The first-order valence-corrected chi connectivity index (χ1v) is 8.46. The molecule has 0 fully saturated rings. The largest absolute Gasteiger partial charge is 0.444 e. The van der Waals surface area contributed by atoms with Crippen LogP contribution < -0.4 is 0 Å². The van der Waals surface area contributed by atoms with Crippen molar-refractivity contribution < 1.29 is 4.42 Å². The molecule has 0 spiro atoms. The number of azo groups is 1. The summed E-state index contributed by atoms with van der Waals surface area (Å²) in [5.74, 6) is 0.727. The second-order valence-electron chi connectivity index (χ2n) is 6.28. The summed E-state index contributed by atoms with van der Waals surface area (Å²) in [4.78, 5) is 6.03. The van der Waals surface area contributed by atoms with Crippen LogP contribution in [0.2, 0.25) is 0 Å². The van der Waals surface area contributed by atoms with Crippen molar-refractivity contribution in [1.82, 2.24) is 9.88 Å². The Balaban J connectivity index is 1.53. The maximum absolute atomic E-state index is 5.17. The van der Waals surface area contributed by atoms with Crippen molar-refractivity contribution in [3.05, 3.63) is 83.6 Å². The van der Waals surface area contributed by atoms with Crippen LogP contribution in [0.25, 0.3) is 12.2 Å². The monoisotopic (exact) mass is 346 g/mol. The Morgan fingerprint density at radius 1 is 0.962 bits per heavy atom. The Labute approximate surface area is 153 Å². The lowest BCUT2D eigenvalue weighted by atomic mass is 10.1. The molecule has 0 aliphatic heterocycles. The second kappa shape index (κ2) is 8.87. The molecule has 5 heteroatoms. The van der Waals surface area contributed by atoms with Crippen LogP contribution >= 0.6 is 0 Å². The van der Waals surface area contributed by atoms with Gasteiger partial charge in [0.25, 0.3) is 0 Å². The lowest BCUT2D eigenvalue weighted by molar-refractivity contribution is 0.402. The minimum Gasteiger partial charge on any atom is -0.444 e. The van der Waals surface area contributed by atoms with Crippen LogP contribution in [0.5, 0.6) is 0 Å². The molecule has 1 aromatic heterocycles. The molecule has 0 radical (unpaired) electrons. The number of oxazole rings is 1. The standard InChI is InChI=1S/C21H22N4O/c1-25(2)15-19-5-3-18(4-6-19)13-23-24-20-10-7-17(8-11-20)9-12-21-14-22-16-26-21/h3-12,14,16H,13,15H2,1-2H3. The van der Waals surface area contributed by atoms with Crippen molar-refractivity contribution in [1.29, 1.82) is 0 Å². The highest BCUT2D eigenvalue weighted by molar-refractivity contribution is 5.67. The van der Waals surface area contributed by atoms with E-state index in [2.05, 4.69) is 58.5 Å². The molecular weight excluding hydrogens is 324 g/mol. The highest BCUT2D eigenvalue weighted by Gasteiger charge is 1.97. The Hall–Kier alpha value is -3.05. The summed E-state index contributed by atoms with van der Waals surface area (Å²) in [5.41, 5.74) is 4.36. The lowest BCUT2D eigenvalue weighted by Gasteiger charge is -2.09. The molecule has 0 amide bonds. The van der Waals surface area contributed by atoms with Gasteiger partial charge in [-0.15, -0.1) is 0 Å². The van der Waals surface area contributed by atoms with Crippen LogP contribution in [0.4, 0.5) is 5.69 Å². The van der Waals surface area contributed by atoms with Gasteiger partial charge < -0.3 is 9.32 Å².